The van der Waals surface area contributed by atoms with Gasteiger partial charge >= 0.3 is 0 Å². The first-order chi connectivity index (χ1) is 8.89. The molecule has 1 heterocycles. The van der Waals surface area contributed by atoms with Crippen molar-refractivity contribution in [1.29, 1.82) is 0 Å². The van der Waals surface area contributed by atoms with E-state index < -0.39 is 0 Å². The number of rotatable bonds is 5. The van der Waals surface area contributed by atoms with Gasteiger partial charge in [-0.25, -0.2) is 6.57 Å². The minimum absolute atomic E-state index is 0.0268. The summed E-state index contributed by atoms with van der Waals surface area (Å²) in [5, 5.41) is 9.23. The zero-order chi connectivity index (χ0) is 14.5. The van der Waals surface area contributed by atoms with Crippen molar-refractivity contribution in [3.8, 4) is 0 Å². The van der Waals surface area contributed by atoms with Crippen molar-refractivity contribution in [2.45, 2.75) is 51.6 Å². The molecule has 1 saturated heterocycles. The van der Waals surface area contributed by atoms with Gasteiger partial charge in [-0.15, -0.1) is 0 Å². The molecule has 4 nitrogen and oxygen atoms in total. The maximum atomic E-state index is 9.23. The van der Waals surface area contributed by atoms with Crippen molar-refractivity contribution >= 4 is 0 Å². The van der Waals surface area contributed by atoms with Gasteiger partial charge in [-0.2, -0.15) is 0 Å². The highest BCUT2D eigenvalue weighted by Crippen LogP contribution is 2.32. The highest BCUT2D eigenvalue weighted by atomic mass is 16.3. The summed E-state index contributed by atoms with van der Waals surface area (Å²) in [5.41, 5.74) is 0.180. The summed E-state index contributed by atoms with van der Waals surface area (Å²) in [4.78, 5) is 8.49. The van der Waals surface area contributed by atoms with Crippen molar-refractivity contribution in [3.63, 3.8) is 0 Å². The van der Waals surface area contributed by atoms with Crippen LogP contribution in [0.3, 0.4) is 0 Å². The smallest absolute Gasteiger partial charge is 0.232 e. The van der Waals surface area contributed by atoms with Crippen LogP contribution in [0.4, 0.5) is 0 Å². The predicted octanol–water partition coefficient (Wildman–Crippen LogP) is 1.85. The van der Waals surface area contributed by atoms with Crippen LogP contribution >= 0.6 is 0 Å². The zero-order valence-electron chi connectivity index (χ0n) is 12.9. The minimum Gasteiger partial charge on any atom is -0.395 e. The van der Waals surface area contributed by atoms with Gasteiger partial charge in [0.15, 0.2) is 0 Å². The Bertz CT molecular complexity index is 308. The third-order valence-corrected chi connectivity index (χ3v) is 4.44. The first-order valence-electron chi connectivity index (χ1n) is 7.34. The summed E-state index contributed by atoms with van der Waals surface area (Å²) in [7, 11) is 0. The van der Waals surface area contributed by atoms with Crippen LogP contribution in [0.15, 0.2) is 0 Å². The summed E-state index contributed by atoms with van der Waals surface area (Å²) >= 11 is 0. The van der Waals surface area contributed by atoms with E-state index in [0.29, 0.717) is 13.1 Å². The van der Waals surface area contributed by atoms with Gasteiger partial charge in [0, 0.05) is 25.2 Å². The molecule has 0 aromatic carbocycles. The molecule has 1 aliphatic rings. The summed E-state index contributed by atoms with van der Waals surface area (Å²) in [6.45, 7) is 20.5. The molecule has 0 saturated carbocycles. The van der Waals surface area contributed by atoms with Gasteiger partial charge in [-0.1, -0.05) is 6.92 Å². The maximum absolute atomic E-state index is 9.23. The number of piperidine rings is 1. The van der Waals surface area contributed by atoms with E-state index in [1.165, 1.54) is 0 Å². The van der Waals surface area contributed by atoms with Gasteiger partial charge in [0.2, 0.25) is 6.54 Å². The highest BCUT2D eigenvalue weighted by molar-refractivity contribution is 5.01. The molecule has 0 radical (unpaired) electrons. The molecule has 0 bridgehead atoms. The van der Waals surface area contributed by atoms with Crippen LogP contribution in [0.25, 0.3) is 4.85 Å². The van der Waals surface area contributed by atoms with E-state index in [0.717, 1.165) is 32.5 Å². The lowest BCUT2D eigenvalue weighted by Crippen LogP contribution is -2.60. The molecule has 1 N–H and O–H groups in total. The lowest BCUT2D eigenvalue weighted by atomic mass is 9.83. The summed E-state index contributed by atoms with van der Waals surface area (Å²) in [6.07, 6.45) is 2.06. The number of β-amino-alcohol motifs (C(OH)–C–C–N with tert-alkyl or cyclic N) is 1. The molecule has 110 valence electrons. The predicted molar refractivity (Wildman–Crippen MR) is 79.1 cm³/mol. The monoisotopic (exact) mass is 267 g/mol. The fourth-order valence-electron chi connectivity index (χ4n) is 3.17. The SMILES string of the molecule is [C-]#[N+]CC1(N(CC)CCO)CCN(C(C)(C)C)CC1. The summed E-state index contributed by atoms with van der Waals surface area (Å²) in [6, 6.07) is 0. The zero-order valence-corrected chi connectivity index (χ0v) is 12.9. The van der Waals surface area contributed by atoms with E-state index in [2.05, 4.69) is 42.3 Å². The Labute approximate surface area is 118 Å². The molecule has 0 aromatic heterocycles. The van der Waals surface area contributed by atoms with Crippen LogP contribution in [0.5, 0.6) is 0 Å². The van der Waals surface area contributed by atoms with Crippen molar-refractivity contribution in [2.24, 2.45) is 0 Å². The maximum Gasteiger partial charge on any atom is 0.232 e. The molecule has 0 amide bonds. The fourth-order valence-corrected chi connectivity index (χ4v) is 3.17. The fraction of sp³-hybridized carbons (Fsp3) is 0.933. The Hall–Kier alpha value is -0.630. The average Bonchev–Trinajstić information content (AvgIpc) is 2.35. The Morgan fingerprint density at radius 3 is 2.26 bits per heavy atom. The molecule has 0 spiro atoms. The van der Waals surface area contributed by atoms with Crippen molar-refractivity contribution in [1.82, 2.24) is 9.80 Å². The second-order valence-electron chi connectivity index (χ2n) is 6.50. The van der Waals surface area contributed by atoms with Crippen LogP contribution in [-0.4, -0.2) is 65.3 Å². The summed E-state index contributed by atoms with van der Waals surface area (Å²) < 4.78 is 0. The summed E-state index contributed by atoms with van der Waals surface area (Å²) in [5.74, 6) is 0. The van der Waals surface area contributed by atoms with E-state index in [-0.39, 0.29) is 17.7 Å². The third kappa shape index (κ3) is 3.92. The van der Waals surface area contributed by atoms with Crippen LogP contribution in [0.1, 0.15) is 40.5 Å². The van der Waals surface area contributed by atoms with Crippen molar-refractivity contribution in [2.75, 3.05) is 39.3 Å². The highest BCUT2D eigenvalue weighted by Gasteiger charge is 2.43. The Balaban J connectivity index is 2.79. The average molecular weight is 267 g/mol. The molecule has 1 rings (SSSR count). The van der Waals surface area contributed by atoms with Crippen molar-refractivity contribution in [3.05, 3.63) is 11.4 Å². The Morgan fingerprint density at radius 2 is 1.89 bits per heavy atom. The van der Waals surface area contributed by atoms with Gasteiger partial charge < -0.3 is 9.95 Å². The lowest BCUT2D eigenvalue weighted by Gasteiger charge is -2.48. The first kappa shape index (κ1) is 16.4. The number of aliphatic hydroxyl groups excluding tert-OH is 1. The number of hydrogen-bond donors (Lipinski definition) is 1. The molecule has 0 aliphatic carbocycles. The lowest BCUT2D eigenvalue weighted by molar-refractivity contribution is -0.00184. The molecule has 1 fully saturated rings. The van der Waals surface area contributed by atoms with Gasteiger partial charge in [-0.3, -0.25) is 9.80 Å². The number of aliphatic hydroxyl groups is 1. The second kappa shape index (κ2) is 6.69. The minimum atomic E-state index is -0.0268. The van der Waals surface area contributed by atoms with Crippen LogP contribution < -0.4 is 0 Å². The molecular formula is C15H29N3O. The van der Waals surface area contributed by atoms with Crippen LogP contribution in [-0.2, 0) is 0 Å². The van der Waals surface area contributed by atoms with Gasteiger partial charge in [0.25, 0.3) is 0 Å². The van der Waals surface area contributed by atoms with Crippen LogP contribution in [0, 0.1) is 6.57 Å². The molecule has 4 heteroatoms. The van der Waals surface area contributed by atoms with Gasteiger partial charge in [-0.05, 0) is 40.2 Å². The van der Waals surface area contributed by atoms with Crippen LogP contribution in [0.2, 0.25) is 0 Å². The standard InChI is InChI=1S/C15H29N3O/c1-6-17(11-12-19)15(13-16-5)7-9-18(10-8-15)14(2,3)4/h19H,6-13H2,1-4H3. The van der Waals surface area contributed by atoms with E-state index >= 15 is 0 Å². The topological polar surface area (TPSA) is 31.1 Å². The van der Waals surface area contributed by atoms with E-state index in [1.807, 2.05) is 0 Å². The molecule has 1 aliphatic heterocycles. The number of nitrogens with zero attached hydrogens (tertiary/aromatic N) is 3. The van der Waals surface area contributed by atoms with Gasteiger partial charge in [0.1, 0.15) is 0 Å². The molecule has 0 unspecified atom stereocenters. The Kier molecular flexibility index (Phi) is 5.79. The number of likely N-dealkylation sites (tertiary alicyclic amines) is 1. The normalized spacial score (nSPS) is 20.5. The van der Waals surface area contributed by atoms with Gasteiger partial charge in [0.05, 0.1) is 12.1 Å². The third-order valence-electron chi connectivity index (χ3n) is 4.44. The molecule has 0 atom stereocenters. The molecule has 19 heavy (non-hydrogen) atoms. The van der Waals surface area contributed by atoms with E-state index in [4.69, 9.17) is 6.57 Å². The van der Waals surface area contributed by atoms with E-state index in [9.17, 15) is 5.11 Å². The second-order valence-corrected chi connectivity index (χ2v) is 6.50. The van der Waals surface area contributed by atoms with E-state index in [1.54, 1.807) is 0 Å². The quantitative estimate of drug-likeness (QED) is 0.771. The Morgan fingerprint density at radius 1 is 1.32 bits per heavy atom. The molecular weight excluding hydrogens is 238 g/mol. The molecule has 0 aromatic rings. The number of hydrogen-bond acceptors (Lipinski definition) is 3. The van der Waals surface area contributed by atoms with Crippen molar-refractivity contribution < 1.29 is 5.11 Å². The number of likely N-dealkylation sites (N-methyl/N-ethyl adjacent to an activating group) is 1. The largest absolute Gasteiger partial charge is 0.395 e. The first-order valence-corrected chi connectivity index (χ1v) is 7.34.